The first kappa shape index (κ1) is 12.8. The van der Waals surface area contributed by atoms with Crippen LogP contribution in [0.25, 0.3) is 0 Å². The quantitative estimate of drug-likeness (QED) is 0.885. The Kier molecular flexibility index (Phi) is 3.25. The third kappa shape index (κ3) is 2.43. The van der Waals surface area contributed by atoms with E-state index in [-0.39, 0.29) is 11.8 Å². The van der Waals surface area contributed by atoms with Crippen molar-refractivity contribution in [1.82, 2.24) is 29.6 Å². The zero-order valence-electron chi connectivity index (χ0n) is 11.7. The van der Waals surface area contributed by atoms with Crippen molar-refractivity contribution < 1.29 is 4.79 Å². The fraction of sp³-hybridized carbons (Fsp3) is 0.538. The summed E-state index contributed by atoms with van der Waals surface area (Å²) in [6.45, 7) is 5.79. The van der Waals surface area contributed by atoms with Crippen molar-refractivity contribution in [2.75, 3.05) is 6.54 Å². The summed E-state index contributed by atoms with van der Waals surface area (Å²) in [4.78, 5) is 25.9. The number of carbonyl (C=O) groups is 1. The first-order valence-corrected chi connectivity index (χ1v) is 6.79. The lowest BCUT2D eigenvalue weighted by molar-refractivity contribution is -0.136. The van der Waals surface area contributed by atoms with Gasteiger partial charge >= 0.3 is 0 Å². The molecule has 7 nitrogen and oxygen atoms in total. The Balaban J connectivity index is 1.66. The van der Waals surface area contributed by atoms with E-state index in [0.717, 1.165) is 30.2 Å². The van der Waals surface area contributed by atoms with Crippen LogP contribution in [-0.4, -0.2) is 42.1 Å². The van der Waals surface area contributed by atoms with E-state index in [1.54, 1.807) is 11.0 Å². The van der Waals surface area contributed by atoms with E-state index in [4.69, 9.17) is 0 Å². The number of aromatic amines is 1. The van der Waals surface area contributed by atoms with E-state index in [1.807, 2.05) is 18.7 Å². The van der Waals surface area contributed by atoms with Gasteiger partial charge in [-0.1, -0.05) is 6.92 Å². The number of rotatable bonds is 3. The van der Waals surface area contributed by atoms with Gasteiger partial charge in [0.05, 0.1) is 30.4 Å². The van der Waals surface area contributed by atoms with Gasteiger partial charge in [-0.2, -0.15) is 5.10 Å². The van der Waals surface area contributed by atoms with Crippen LogP contribution in [-0.2, 0) is 24.3 Å². The Labute approximate surface area is 117 Å². The van der Waals surface area contributed by atoms with Crippen LogP contribution in [0, 0.1) is 12.8 Å². The molecule has 1 aliphatic rings. The molecule has 7 heteroatoms. The van der Waals surface area contributed by atoms with Crippen molar-refractivity contribution in [2.24, 2.45) is 5.92 Å². The standard InChI is InChI=1S/C13H18N6O/c1-9(5-19-8-14-7-15-19)13(20)18-4-3-11-12(6-18)17-10(2)16-11/h7-9H,3-6H2,1-2H3,(H,16,17). The lowest BCUT2D eigenvalue weighted by atomic mass is 10.1. The highest BCUT2D eigenvalue weighted by Gasteiger charge is 2.26. The molecular formula is C13H18N6O. The minimum atomic E-state index is -0.109. The Hall–Kier alpha value is -2.18. The third-order valence-electron chi connectivity index (χ3n) is 3.61. The Morgan fingerprint density at radius 1 is 1.55 bits per heavy atom. The smallest absolute Gasteiger partial charge is 0.227 e. The summed E-state index contributed by atoms with van der Waals surface area (Å²) < 4.78 is 1.69. The van der Waals surface area contributed by atoms with Crippen molar-refractivity contribution in [3.63, 3.8) is 0 Å². The number of aryl methyl sites for hydroxylation is 1. The molecule has 3 heterocycles. The molecule has 106 valence electrons. The lowest BCUT2D eigenvalue weighted by Crippen LogP contribution is -2.40. The molecule has 3 rings (SSSR count). The maximum Gasteiger partial charge on any atom is 0.227 e. The summed E-state index contributed by atoms with van der Waals surface area (Å²) in [7, 11) is 0. The number of imidazole rings is 1. The molecule has 2 aromatic heterocycles. The SMILES string of the molecule is Cc1nc2c([nH]1)CN(C(=O)C(C)Cn1cncn1)CC2. The number of nitrogens with zero attached hydrogens (tertiary/aromatic N) is 5. The van der Waals surface area contributed by atoms with Crippen LogP contribution in [0.5, 0.6) is 0 Å². The zero-order valence-corrected chi connectivity index (χ0v) is 11.7. The van der Waals surface area contributed by atoms with Crippen LogP contribution in [0.2, 0.25) is 0 Å². The molecule has 0 radical (unpaired) electrons. The molecule has 1 aliphatic heterocycles. The first-order chi connectivity index (χ1) is 9.63. The summed E-state index contributed by atoms with van der Waals surface area (Å²) in [5.41, 5.74) is 2.16. The van der Waals surface area contributed by atoms with Gasteiger partial charge < -0.3 is 9.88 Å². The van der Waals surface area contributed by atoms with E-state index in [1.165, 1.54) is 6.33 Å². The maximum absolute atomic E-state index is 12.5. The number of hydrogen-bond acceptors (Lipinski definition) is 4. The van der Waals surface area contributed by atoms with Gasteiger partial charge in [0, 0.05) is 13.0 Å². The Bertz CT molecular complexity index is 602. The summed E-state index contributed by atoms with van der Waals surface area (Å²) in [6.07, 6.45) is 3.94. The number of carbonyl (C=O) groups excluding carboxylic acids is 1. The molecule has 1 amide bonds. The first-order valence-electron chi connectivity index (χ1n) is 6.79. The molecule has 0 spiro atoms. The second-order valence-corrected chi connectivity index (χ2v) is 5.28. The fourth-order valence-corrected chi connectivity index (χ4v) is 2.62. The van der Waals surface area contributed by atoms with Crippen molar-refractivity contribution >= 4 is 5.91 Å². The van der Waals surface area contributed by atoms with Crippen LogP contribution in [0.3, 0.4) is 0 Å². The third-order valence-corrected chi connectivity index (χ3v) is 3.61. The average molecular weight is 274 g/mol. The van der Waals surface area contributed by atoms with Gasteiger partial charge in [-0.15, -0.1) is 0 Å². The topological polar surface area (TPSA) is 79.7 Å². The van der Waals surface area contributed by atoms with Gasteiger partial charge in [0.25, 0.3) is 0 Å². The predicted molar refractivity (Wildman–Crippen MR) is 71.6 cm³/mol. The van der Waals surface area contributed by atoms with Gasteiger partial charge in [0.15, 0.2) is 0 Å². The summed E-state index contributed by atoms with van der Waals surface area (Å²) in [6, 6.07) is 0. The van der Waals surface area contributed by atoms with Crippen LogP contribution >= 0.6 is 0 Å². The van der Waals surface area contributed by atoms with Crippen LogP contribution < -0.4 is 0 Å². The number of amides is 1. The van der Waals surface area contributed by atoms with Crippen molar-refractivity contribution in [3.05, 3.63) is 29.9 Å². The van der Waals surface area contributed by atoms with Crippen molar-refractivity contribution in [2.45, 2.75) is 33.4 Å². The lowest BCUT2D eigenvalue weighted by Gasteiger charge is -2.28. The van der Waals surface area contributed by atoms with E-state index < -0.39 is 0 Å². The van der Waals surface area contributed by atoms with E-state index in [2.05, 4.69) is 20.1 Å². The van der Waals surface area contributed by atoms with Gasteiger partial charge in [0.1, 0.15) is 18.5 Å². The average Bonchev–Trinajstić information content (AvgIpc) is 3.04. The van der Waals surface area contributed by atoms with Crippen LogP contribution in [0.4, 0.5) is 0 Å². The molecule has 1 N–H and O–H groups in total. The molecule has 1 unspecified atom stereocenters. The number of nitrogens with one attached hydrogen (secondary N) is 1. The van der Waals surface area contributed by atoms with Crippen molar-refractivity contribution in [1.29, 1.82) is 0 Å². The molecule has 0 saturated heterocycles. The highest BCUT2D eigenvalue weighted by molar-refractivity contribution is 5.78. The zero-order chi connectivity index (χ0) is 14.1. The summed E-state index contributed by atoms with van der Waals surface area (Å²) in [5.74, 6) is 0.959. The number of fused-ring (bicyclic) bond motifs is 1. The number of H-pyrrole nitrogens is 1. The van der Waals surface area contributed by atoms with Gasteiger partial charge in [-0.3, -0.25) is 9.48 Å². The molecule has 0 bridgehead atoms. The molecule has 0 saturated carbocycles. The normalized spacial score (nSPS) is 16.0. The molecule has 0 aliphatic carbocycles. The molecule has 1 atom stereocenters. The maximum atomic E-state index is 12.5. The highest BCUT2D eigenvalue weighted by Crippen LogP contribution is 2.18. The molecule has 0 aromatic carbocycles. The number of aromatic nitrogens is 5. The summed E-state index contributed by atoms with van der Waals surface area (Å²) >= 11 is 0. The molecular weight excluding hydrogens is 256 g/mol. The van der Waals surface area contributed by atoms with Gasteiger partial charge in [-0.05, 0) is 6.92 Å². The molecule has 0 fully saturated rings. The predicted octanol–water partition coefficient (Wildman–Crippen LogP) is 0.531. The molecule has 2 aromatic rings. The number of hydrogen-bond donors (Lipinski definition) is 1. The molecule has 20 heavy (non-hydrogen) atoms. The minimum Gasteiger partial charge on any atom is -0.344 e. The minimum absolute atomic E-state index is 0.109. The van der Waals surface area contributed by atoms with Gasteiger partial charge in [0.2, 0.25) is 5.91 Å². The second-order valence-electron chi connectivity index (χ2n) is 5.28. The monoisotopic (exact) mass is 274 g/mol. The van der Waals surface area contributed by atoms with Crippen LogP contribution in [0.15, 0.2) is 12.7 Å². The van der Waals surface area contributed by atoms with E-state index >= 15 is 0 Å². The van der Waals surface area contributed by atoms with E-state index in [9.17, 15) is 4.79 Å². The Morgan fingerprint density at radius 3 is 3.15 bits per heavy atom. The highest BCUT2D eigenvalue weighted by atomic mass is 16.2. The van der Waals surface area contributed by atoms with Crippen molar-refractivity contribution in [3.8, 4) is 0 Å². The summed E-state index contributed by atoms with van der Waals surface area (Å²) in [5, 5.41) is 4.04. The van der Waals surface area contributed by atoms with Gasteiger partial charge in [-0.25, -0.2) is 9.97 Å². The second kappa shape index (κ2) is 5.07. The van der Waals surface area contributed by atoms with Crippen LogP contribution in [0.1, 0.15) is 24.1 Å². The van der Waals surface area contributed by atoms with E-state index in [0.29, 0.717) is 13.1 Å². The Morgan fingerprint density at radius 2 is 2.40 bits per heavy atom. The fourth-order valence-electron chi connectivity index (χ4n) is 2.62. The largest absolute Gasteiger partial charge is 0.344 e.